The lowest BCUT2D eigenvalue weighted by Crippen LogP contribution is -2.57. The van der Waals surface area contributed by atoms with Crippen molar-refractivity contribution >= 4 is 11.8 Å². The summed E-state index contributed by atoms with van der Waals surface area (Å²) in [6.07, 6.45) is 9.13. The van der Waals surface area contributed by atoms with Crippen LogP contribution in [0.2, 0.25) is 0 Å². The van der Waals surface area contributed by atoms with E-state index in [0.717, 1.165) is 70.7 Å². The third-order valence-corrected chi connectivity index (χ3v) is 6.75. The van der Waals surface area contributed by atoms with E-state index in [9.17, 15) is 9.59 Å². The maximum Gasteiger partial charge on any atom is 0.258 e. The topological polar surface area (TPSA) is 76.7 Å². The fourth-order valence-corrected chi connectivity index (χ4v) is 5.00. The molecule has 1 saturated carbocycles. The summed E-state index contributed by atoms with van der Waals surface area (Å²) < 4.78 is 0. The van der Waals surface area contributed by atoms with Crippen LogP contribution in [0.1, 0.15) is 58.3 Å². The van der Waals surface area contributed by atoms with Crippen LogP contribution in [-0.4, -0.2) is 73.6 Å². The summed E-state index contributed by atoms with van der Waals surface area (Å²) >= 11 is 0. The maximum absolute atomic E-state index is 13.2. The third-order valence-electron chi connectivity index (χ3n) is 6.75. The molecule has 7 heteroatoms. The van der Waals surface area contributed by atoms with Gasteiger partial charge in [0.25, 0.3) is 5.91 Å². The summed E-state index contributed by atoms with van der Waals surface area (Å²) in [7, 11) is 2.09. The molecule has 160 valence electrons. The molecule has 3 aliphatic rings. The first kappa shape index (κ1) is 21.5. The highest BCUT2D eigenvalue weighted by atomic mass is 16.2. The molecular weight excluding hydrogens is 354 g/mol. The molecule has 0 bridgehead atoms. The molecule has 7 nitrogen and oxygen atoms in total. The average molecular weight is 394 g/mol. The van der Waals surface area contributed by atoms with E-state index < -0.39 is 6.04 Å². The van der Waals surface area contributed by atoms with E-state index in [2.05, 4.69) is 28.0 Å². The number of hydrogen-bond donors (Lipinski definition) is 3. The number of hydrogen-bond acceptors (Lipinski definition) is 5. The molecule has 2 heterocycles. The first-order chi connectivity index (χ1) is 13.6. The van der Waals surface area contributed by atoms with Gasteiger partial charge in [0.2, 0.25) is 5.91 Å². The number of likely N-dealkylation sites (N-methyl/N-ethyl adjacent to an activating group) is 1. The quantitative estimate of drug-likeness (QED) is 0.576. The second kappa shape index (κ2) is 10.6. The minimum atomic E-state index is -0.491. The lowest BCUT2D eigenvalue weighted by Gasteiger charge is -2.34. The van der Waals surface area contributed by atoms with Crippen LogP contribution in [0.5, 0.6) is 0 Å². The molecule has 2 aliphatic heterocycles. The SMILES string of the molecule is CC(NC(=O)C(C1CCCC1)N(C)CCC1CCNC1)C(=O)N1CCCCN1. The van der Waals surface area contributed by atoms with Gasteiger partial charge in [-0.25, -0.2) is 5.43 Å². The molecule has 2 saturated heterocycles. The zero-order valence-corrected chi connectivity index (χ0v) is 17.7. The molecular formula is C21H39N5O2. The van der Waals surface area contributed by atoms with Gasteiger partial charge in [0, 0.05) is 13.1 Å². The molecule has 0 spiro atoms. The predicted octanol–water partition coefficient (Wildman–Crippen LogP) is 1.11. The Labute approximate surface area is 169 Å². The van der Waals surface area contributed by atoms with Gasteiger partial charge in [-0.15, -0.1) is 0 Å². The standard InChI is InChI=1S/C21H39N5O2/c1-16(21(28)26-13-6-5-11-23-26)24-20(27)19(18-7-3-4-8-18)25(2)14-10-17-9-12-22-15-17/h16-19,22-23H,3-15H2,1-2H3,(H,24,27). The van der Waals surface area contributed by atoms with Crippen LogP contribution >= 0.6 is 0 Å². The van der Waals surface area contributed by atoms with Crippen molar-refractivity contribution in [2.45, 2.75) is 70.4 Å². The average Bonchev–Trinajstić information content (AvgIpc) is 3.41. The lowest BCUT2D eigenvalue weighted by atomic mass is 9.94. The smallest absolute Gasteiger partial charge is 0.258 e. The van der Waals surface area contributed by atoms with E-state index in [4.69, 9.17) is 0 Å². The first-order valence-electron chi connectivity index (χ1n) is 11.3. The van der Waals surface area contributed by atoms with E-state index in [0.29, 0.717) is 5.92 Å². The van der Waals surface area contributed by atoms with Crippen LogP contribution in [0, 0.1) is 11.8 Å². The van der Waals surface area contributed by atoms with Crippen molar-refractivity contribution in [2.75, 3.05) is 39.8 Å². The summed E-state index contributed by atoms with van der Waals surface area (Å²) in [5.74, 6) is 1.12. The molecule has 0 aromatic heterocycles. The predicted molar refractivity (Wildman–Crippen MR) is 111 cm³/mol. The van der Waals surface area contributed by atoms with E-state index in [-0.39, 0.29) is 17.9 Å². The molecule has 3 fully saturated rings. The van der Waals surface area contributed by atoms with Crippen molar-refractivity contribution in [2.24, 2.45) is 11.8 Å². The van der Waals surface area contributed by atoms with Crippen molar-refractivity contribution < 1.29 is 9.59 Å². The lowest BCUT2D eigenvalue weighted by molar-refractivity contribution is -0.141. The van der Waals surface area contributed by atoms with Crippen LogP contribution in [0.3, 0.4) is 0 Å². The van der Waals surface area contributed by atoms with Crippen LogP contribution < -0.4 is 16.1 Å². The number of carbonyl (C=O) groups excluding carboxylic acids is 2. The van der Waals surface area contributed by atoms with Crippen LogP contribution in [0.15, 0.2) is 0 Å². The Hall–Kier alpha value is -1.18. The highest BCUT2D eigenvalue weighted by Gasteiger charge is 2.35. The van der Waals surface area contributed by atoms with Crippen molar-refractivity contribution in [1.29, 1.82) is 0 Å². The van der Waals surface area contributed by atoms with Gasteiger partial charge in [0.05, 0.1) is 6.04 Å². The van der Waals surface area contributed by atoms with Crippen molar-refractivity contribution in [1.82, 2.24) is 26.0 Å². The van der Waals surface area contributed by atoms with Gasteiger partial charge >= 0.3 is 0 Å². The molecule has 3 N–H and O–H groups in total. The van der Waals surface area contributed by atoms with Gasteiger partial charge in [-0.3, -0.25) is 19.5 Å². The Kier molecular flexibility index (Phi) is 8.11. The molecule has 28 heavy (non-hydrogen) atoms. The molecule has 1 aliphatic carbocycles. The Morgan fingerprint density at radius 2 is 1.93 bits per heavy atom. The molecule has 2 amide bonds. The summed E-state index contributed by atoms with van der Waals surface area (Å²) in [6, 6.07) is -0.615. The Bertz CT molecular complexity index is 511. The number of hydrazine groups is 1. The Balaban J connectivity index is 1.56. The summed E-state index contributed by atoms with van der Waals surface area (Å²) in [5, 5.41) is 8.14. The van der Waals surface area contributed by atoms with Crippen LogP contribution in [-0.2, 0) is 9.59 Å². The number of nitrogens with one attached hydrogen (secondary N) is 3. The number of nitrogens with zero attached hydrogens (tertiary/aromatic N) is 2. The minimum Gasteiger partial charge on any atom is -0.343 e. The van der Waals surface area contributed by atoms with Crippen molar-refractivity contribution in [3.05, 3.63) is 0 Å². The van der Waals surface area contributed by atoms with Crippen molar-refractivity contribution in [3.63, 3.8) is 0 Å². The fraction of sp³-hybridized carbons (Fsp3) is 0.905. The second-order valence-corrected chi connectivity index (χ2v) is 8.95. The molecule has 3 atom stereocenters. The maximum atomic E-state index is 13.2. The van der Waals surface area contributed by atoms with E-state index in [1.54, 1.807) is 5.01 Å². The summed E-state index contributed by atoms with van der Waals surface area (Å²) in [5.41, 5.74) is 3.15. The van der Waals surface area contributed by atoms with Crippen LogP contribution in [0.25, 0.3) is 0 Å². The Morgan fingerprint density at radius 1 is 1.14 bits per heavy atom. The van der Waals surface area contributed by atoms with E-state index in [1.807, 2.05) is 6.92 Å². The Morgan fingerprint density at radius 3 is 2.57 bits per heavy atom. The minimum absolute atomic E-state index is 0.0248. The third kappa shape index (κ3) is 5.67. The zero-order valence-electron chi connectivity index (χ0n) is 17.7. The molecule has 3 rings (SSSR count). The highest BCUT2D eigenvalue weighted by Crippen LogP contribution is 2.30. The van der Waals surface area contributed by atoms with Gasteiger partial charge in [0.1, 0.15) is 6.04 Å². The van der Waals surface area contributed by atoms with Gasteiger partial charge in [-0.05, 0) is 84.0 Å². The monoisotopic (exact) mass is 393 g/mol. The van der Waals surface area contributed by atoms with Gasteiger partial charge in [0.15, 0.2) is 0 Å². The highest BCUT2D eigenvalue weighted by molar-refractivity contribution is 5.89. The fourth-order valence-electron chi connectivity index (χ4n) is 5.00. The van der Waals surface area contributed by atoms with Gasteiger partial charge in [-0.1, -0.05) is 12.8 Å². The van der Waals surface area contributed by atoms with Crippen LogP contribution in [0.4, 0.5) is 0 Å². The molecule has 0 radical (unpaired) electrons. The summed E-state index contributed by atoms with van der Waals surface area (Å²) in [6.45, 7) is 6.52. The largest absolute Gasteiger partial charge is 0.343 e. The van der Waals surface area contributed by atoms with E-state index >= 15 is 0 Å². The second-order valence-electron chi connectivity index (χ2n) is 8.95. The van der Waals surface area contributed by atoms with E-state index in [1.165, 1.54) is 19.3 Å². The number of rotatable bonds is 8. The number of carbonyl (C=O) groups is 2. The summed E-state index contributed by atoms with van der Waals surface area (Å²) in [4.78, 5) is 28.1. The number of amides is 2. The van der Waals surface area contributed by atoms with Crippen molar-refractivity contribution in [3.8, 4) is 0 Å². The normalized spacial score (nSPS) is 25.8. The van der Waals surface area contributed by atoms with Gasteiger partial charge in [-0.2, -0.15) is 0 Å². The first-order valence-corrected chi connectivity index (χ1v) is 11.3. The molecule has 3 unspecified atom stereocenters. The molecule has 0 aromatic rings. The zero-order chi connectivity index (χ0) is 19.9. The van der Waals surface area contributed by atoms with Gasteiger partial charge < -0.3 is 10.6 Å². The molecule has 0 aromatic carbocycles.